The molecule has 0 radical (unpaired) electrons. The van der Waals surface area contributed by atoms with Crippen LogP contribution in [0.25, 0.3) is 0 Å². The third-order valence-electron chi connectivity index (χ3n) is 4.00. The van der Waals surface area contributed by atoms with Crippen LogP contribution >= 0.6 is 0 Å². The Morgan fingerprint density at radius 2 is 2.05 bits per heavy atom. The number of nitrogens with two attached hydrogens (primary N) is 1. The minimum absolute atomic E-state index is 0.0635. The quantitative estimate of drug-likeness (QED) is 0.907. The van der Waals surface area contributed by atoms with Gasteiger partial charge in [-0.25, -0.2) is 0 Å². The SMILES string of the molecule is CC(N)CC(=O)N1CC(c2ccccc2)C(C)(C)C1. The van der Waals surface area contributed by atoms with E-state index in [1.807, 2.05) is 17.9 Å². The second kappa shape index (κ2) is 5.33. The van der Waals surface area contributed by atoms with Gasteiger partial charge < -0.3 is 10.6 Å². The Bertz CT molecular complexity index is 439. The van der Waals surface area contributed by atoms with E-state index < -0.39 is 0 Å². The molecule has 0 bridgehead atoms. The molecule has 3 nitrogen and oxygen atoms in total. The van der Waals surface area contributed by atoms with Crippen LogP contribution in [-0.4, -0.2) is 29.9 Å². The lowest BCUT2D eigenvalue weighted by Gasteiger charge is -2.25. The number of likely N-dealkylation sites (tertiary alicyclic amines) is 1. The number of carbonyl (C=O) groups is 1. The van der Waals surface area contributed by atoms with Crippen molar-refractivity contribution in [1.29, 1.82) is 0 Å². The average Bonchev–Trinajstić information content (AvgIpc) is 2.65. The lowest BCUT2D eigenvalue weighted by Crippen LogP contribution is -2.34. The maximum atomic E-state index is 12.2. The molecule has 1 saturated heterocycles. The molecule has 0 aliphatic carbocycles. The largest absolute Gasteiger partial charge is 0.341 e. The summed E-state index contributed by atoms with van der Waals surface area (Å²) >= 11 is 0. The third kappa shape index (κ3) is 3.16. The Labute approximate surface area is 115 Å². The van der Waals surface area contributed by atoms with E-state index >= 15 is 0 Å². The van der Waals surface area contributed by atoms with Gasteiger partial charge in [-0.15, -0.1) is 0 Å². The van der Waals surface area contributed by atoms with E-state index in [1.54, 1.807) is 0 Å². The van der Waals surface area contributed by atoms with Gasteiger partial charge in [-0.1, -0.05) is 44.2 Å². The van der Waals surface area contributed by atoms with Crippen LogP contribution in [-0.2, 0) is 4.79 Å². The molecule has 1 fully saturated rings. The van der Waals surface area contributed by atoms with E-state index in [9.17, 15) is 4.79 Å². The second-order valence-electron chi connectivity index (χ2n) is 6.41. The zero-order valence-corrected chi connectivity index (χ0v) is 12.1. The maximum absolute atomic E-state index is 12.2. The first kappa shape index (κ1) is 14.1. The topological polar surface area (TPSA) is 46.3 Å². The van der Waals surface area contributed by atoms with Crippen molar-refractivity contribution < 1.29 is 4.79 Å². The Kier molecular flexibility index (Phi) is 3.95. The van der Waals surface area contributed by atoms with Gasteiger partial charge in [0.2, 0.25) is 5.91 Å². The Hall–Kier alpha value is -1.35. The predicted molar refractivity (Wildman–Crippen MR) is 77.8 cm³/mol. The Morgan fingerprint density at radius 3 is 2.63 bits per heavy atom. The second-order valence-corrected chi connectivity index (χ2v) is 6.41. The molecule has 1 aromatic rings. The number of rotatable bonds is 3. The van der Waals surface area contributed by atoms with E-state index in [0.29, 0.717) is 12.3 Å². The summed E-state index contributed by atoms with van der Waals surface area (Å²) in [5.74, 6) is 0.590. The van der Waals surface area contributed by atoms with Gasteiger partial charge in [-0.05, 0) is 17.9 Å². The zero-order valence-electron chi connectivity index (χ0n) is 12.1. The van der Waals surface area contributed by atoms with Crippen molar-refractivity contribution >= 4 is 5.91 Å². The molecule has 2 N–H and O–H groups in total. The summed E-state index contributed by atoms with van der Waals surface area (Å²) in [5, 5.41) is 0. The fourth-order valence-corrected chi connectivity index (χ4v) is 2.97. The molecular formula is C16H24N2O. The first-order chi connectivity index (χ1) is 8.90. The van der Waals surface area contributed by atoms with E-state index in [2.05, 4.69) is 38.1 Å². The highest BCUT2D eigenvalue weighted by Gasteiger charge is 2.41. The maximum Gasteiger partial charge on any atom is 0.224 e. The smallest absolute Gasteiger partial charge is 0.224 e. The molecular weight excluding hydrogens is 236 g/mol. The van der Waals surface area contributed by atoms with E-state index in [1.165, 1.54) is 5.56 Å². The first-order valence-corrected chi connectivity index (χ1v) is 6.98. The van der Waals surface area contributed by atoms with Crippen LogP contribution < -0.4 is 5.73 Å². The standard InChI is InChI=1S/C16H24N2O/c1-12(17)9-15(19)18-10-14(16(2,3)11-18)13-7-5-4-6-8-13/h4-8,12,14H,9-11,17H2,1-3H3. The van der Waals surface area contributed by atoms with Crippen LogP contribution in [0.3, 0.4) is 0 Å². The fourth-order valence-electron chi connectivity index (χ4n) is 2.97. The van der Waals surface area contributed by atoms with Crippen LogP contribution in [0.1, 0.15) is 38.7 Å². The lowest BCUT2D eigenvalue weighted by molar-refractivity contribution is -0.130. The Balaban J connectivity index is 2.13. The number of nitrogens with zero attached hydrogens (tertiary/aromatic N) is 1. The van der Waals surface area contributed by atoms with Gasteiger partial charge >= 0.3 is 0 Å². The number of hydrogen-bond acceptors (Lipinski definition) is 2. The van der Waals surface area contributed by atoms with Crippen molar-refractivity contribution in [3.63, 3.8) is 0 Å². The van der Waals surface area contributed by atoms with E-state index in [4.69, 9.17) is 5.73 Å². The molecule has 2 unspecified atom stereocenters. The summed E-state index contributed by atoms with van der Waals surface area (Å²) in [6.07, 6.45) is 0.442. The monoisotopic (exact) mass is 260 g/mol. The van der Waals surface area contributed by atoms with Crippen LogP contribution in [0.15, 0.2) is 30.3 Å². The molecule has 1 aliphatic heterocycles. The van der Waals surface area contributed by atoms with Gasteiger partial charge in [0.25, 0.3) is 0 Å². The fraction of sp³-hybridized carbons (Fsp3) is 0.562. The molecule has 0 saturated carbocycles. The molecule has 19 heavy (non-hydrogen) atoms. The number of amides is 1. The van der Waals surface area contributed by atoms with Crippen molar-refractivity contribution in [2.45, 2.75) is 39.2 Å². The first-order valence-electron chi connectivity index (χ1n) is 6.98. The van der Waals surface area contributed by atoms with Crippen molar-refractivity contribution in [3.8, 4) is 0 Å². The van der Waals surface area contributed by atoms with Crippen molar-refractivity contribution in [1.82, 2.24) is 4.90 Å². The Morgan fingerprint density at radius 1 is 1.42 bits per heavy atom. The summed E-state index contributed by atoms with van der Waals surface area (Å²) in [7, 11) is 0. The molecule has 104 valence electrons. The van der Waals surface area contributed by atoms with E-state index in [-0.39, 0.29) is 17.4 Å². The van der Waals surface area contributed by atoms with Gasteiger partial charge in [-0.3, -0.25) is 4.79 Å². The van der Waals surface area contributed by atoms with Gasteiger partial charge in [0.1, 0.15) is 0 Å². The van der Waals surface area contributed by atoms with Crippen molar-refractivity contribution in [3.05, 3.63) is 35.9 Å². The highest BCUT2D eigenvalue weighted by atomic mass is 16.2. The summed E-state index contributed by atoms with van der Waals surface area (Å²) < 4.78 is 0. The van der Waals surface area contributed by atoms with Crippen molar-refractivity contribution in [2.24, 2.45) is 11.1 Å². The molecule has 0 aromatic heterocycles. The number of carbonyl (C=O) groups excluding carboxylic acids is 1. The average molecular weight is 260 g/mol. The molecule has 1 aliphatic rings. The normalized spacial score (nSPS) is 23.4. The highest BCUT2D eigenvalue weighted by Crippen LogP contribution is 2.42. The summed E-state index contributed by atoms with van der Waals surface area (Å²) in [6, 6.07) is 10.4. The molecule has 0 spiro atoms. The minimum Gasteiger partial charge on any atom is -0.341 e. The van der Waals surface area contributed by atoms with Gasteiger partial charge in [0.05, 0.1) is 0 Å². The zero-order chi connectivity index (χ0) is 14.0. The van der Waals surface area contributed by atoms with Crippen LogP contribution in [0.2, 0.25) is 0 Å². The molecule has 1 heterocycles. The van der Waals surface area contributed by atoms with E-state index in [0.717, 1.165) is 13.1 Å². The third-order valence-corrected chi connectivity index (χ3v) is 4.00. The summed E-state index contributed by atoms with van der Waals surface area (Å²) in [4.78, 5) is 14.1. The molecule has 3 heteroatoms. The van der Waals surface area contributed by atoms with Crippen LogP contribution in [0.5, 0.6) is 0 Å². The predicted octanol–water partition coefficient (Wildman–Crippen LogP) is 2.38. The van der Waals surface area contributed by atoms with Gasteiger partial charge in [-0.2, -0.15) is 0 Å². The highest BCUT2D eigenvalue weighted by molar-refractivity contribution is 5.77. The summed E-state index contributed by atoms with van der Waals surface area (Å²) in [6.45, 7) is 7.99. The molecule has 2 atom stereocenters. The van der Waals surface area contributed by atoms with Gasteiger partial charge in [0.15, 0.2) is 0 Å². The molecule has 2 rings (SSSR count). The minimum atomic E-state index is -0.0635. The van der Waals surface area contributed by atoms with Crippen molar-refractivity contribution in [2.75, 3.05) is 13.1 Å². The van der Waals surface area contributed by atoms with Crippen LogP contribution in [0.4, 0.5) is 0 Å². The molecule has 1 amide bonds. The van der Waals surface area contributed by atoms with Gasteiger partial charge in [0, 0.05) is 31.5 Å². The lowest BCUT2D eigenvalue weighted by atomic mass is 9.78. The number of hydrogen-bond donors (Lipinski definition) is 1. The number of benzene rings is 1. The summed E-state index contributed by atoms with van der Waals surface area (Å²) in [5.41, 5.74) is 7.17. The van der Waals surface area contributed by atoms with Crippen LogP contribution in [0, 0.1) is 5.41 Å². The molecule has 1 aromatic carbocycles.